The average molecular weight is 509 g/mol. The molecule has 2 nitrogen and oxygen atoms in total. The van der Waals surface area contributed by atoms with Crippen LogP contribution in [-0.4, -0.2) is 13.3 Å². The highest BCUT2D eigenvalue weighted by molar-refractivity contribution is 7.85. The Kier molecular flexibility index (Phi) is 7.19. The van der Waals surface area contributed by atoms with E-state index in [1.807, 2.05) is 48.5 Å². The SMILES string of the molecule is C[P+](Oc1ccccc1O[P+](C)(c1ccccc1)c1ccccc1)(c1ccccc1)c1ccccc1. The van der Waals surface area contributed by atoms with Crippen LogP contribution in [0.2, 0.25) is 0 Å². The highest BCUT2D eigenvalue weighted by Crippen LogP contribution is 2.59. The maximum atomic E-state index is 7.03. The molecular weight excluding hydrogens is 478 g/mol. The first-order chi connectivity index (χ1) is 17.6. The fourth-order valence-corrected chi connectivity index (χ4v) is 9.42. The van der Waals surface area contributed by atoms with E-state index in [0.717, 1.165) is 11.5 Å². The molecule has 0 amide bonds. The molecule has 0 spiro atoms. The number of para-hydroxylation sites is 2. The van der Waals surface area contributed by atoms with Crippen LogP contribution in [0.3, 0.4) is 0 Å². The first kappa shape index (κ1) is 24.3. The Morgan fingerprint density at radius 3 is 0.806 bits per heavy atom. The molecule has 5 aromatic carbocycles. The van der Waals surface area contributed by atoms with Crippen LogP contribution in [0, 0.1) is 0 Å². The summed E-state index contributed by atoms with van der Waals surface area (Å²) in [5.74, 6) is 1.53. The monoisotopic (exact) mass is 508 g/mol. The van der Waals surface area contributed by atoms with Gasteiger partial charge < -0.3 is 9.05 Å². The van der Waals surface area contributed by atoms with E-state index < -0.39 is 15.0 Å². The zero-order chi connectivity index (χ0) is 24.8. The molecule has 0 saturated heterocycles. The summed E-state index contributed by atoms with van der Waals surface area (Å²) in [6.45, 7) is 4.47. The molecule has 0 aliphatic rings. The predicted octanol–water partition coefficient (Wildman–Crippen LogP) is 6.87. The third-order valence-electron chi connectivity index (χ3n) is 6.41. The van der Waals surface area contributed by atoms with Gasteiger partial charge in [0.05, 0.1) is 13.3 Å². The number of benzene rings is 5. The fraction of sp³-hybridized carbons (Fsp3) is 0.0625. The summed E-state index contributed by atoms with van der Waals surface area (Å²) in [6.07, 6.45) is 0. The summed E-state index contributed by atoms with van der Waals surface area (Å²) in [5, 5.41) is 4.76. The topological polar surface area (TPSA) is 18.5 Å². The van der Waals surface area contributed by atoms with Gasteiger partial charge in [-0.05, 0) is 60.7 Å². The van der Waals surface area contributed by atoms with E-state index in [9.17, 15) is 0 Å². The van der Waals surface area contributed by atoms with Crippen molar-refractivity contribution in [3.8, 4) is 11.5 Å². The van der Waals surface area contributed by atoms with Crippen LogP contribution in [0.5, 0.6) is 11.5 Å². The molecule has 0 radical (unpaired) electrons. The summed E-state index contributed by atoms with van der Waals surface area (Å²) < 4.78 is 14.1. The van der Waals surface area contributed by atoms with Gasteiger partial charge in [-0.1, -0.05) is 84.9 Å². The average Bonchev–Trinajstić information content (AvgIpc) is 2.96. The lowest BCUT2D eigenvalue weighted by molar-refractivity contribution is 0.542. The van der Waals surface area contributed by atoms with Crippen molar-refractivity contribution in [1.82, 2.24) is 0 Å². The number of rotatable bonds is 8. The van der Waals surface area contributed by atoms with E-state index in [1.165, 1.54) is 21.2 Å². The van der Waals surface area contributed by atoms with Crippen LogP contribution in [0.25, 0.3) is 0 Å². The van der Waals surface area contributed by atoms with Crippen molar-refractivity contribution in [1.29, 1.82) is 0 Å². The third kappa shape index (κ3) is 4.93. The van der Waals surface area contributed by atoms with Gasteiger partial charge in [-0.25, -0.2) is 0 Å². The summed E-state index contributed by atoms with van der Waals surface area (Å²) in [4.78, 5) is 0. The van der Waals surface area contributed by atoms with Crippen molar-refractivity contribution >= 4 is 36.2 Å². The second kappa shape index (κ2) is 10.7. The van der Waals surface area contributed by atoms with E-state index in [-0.39, 0.29) is 0 Å². The van der Waals surface area contributed by atoms with E-state index in [0.29, 0.717) is 0 Å². The molecule has 0 unspecified atom stereocenters. The Morgan fingerprint density at radius 2 is 0.556 bits per heavy atom. The van der Waals surface area contributed by atoms with Crippen LogP contribution >= 0.6 is 15.0 Å². The van der Waals surface area contributed by atoms with E-state index in [1.54, 1.807) is 0 Å². The summed E-state index contributed by atoms with van der Waals surface area (Å²) in [7, 11) is -4.40. The molecule has 5 aromatic rings. The van der Waals surface area contributed by atoms with Gasteiger partial charge >= 0.3 is 0 Å². The smallest absolute Gasteiger partial charge is 0.252 e. The van der Waals surface area contributed by atoms with Gasteiger partial charge in [0.15, 0.2) is 0 Å². The molecule has 0 aromatic heterocycles. The first-order valence-electron chi connectivity index (χ1n) is 12.0. The Hall–Kier alpha value is -3.44. The van der Waals surface area contributed by atoms with Gasteiger partial charge in [0.1, 0.15) is 21.2 Å². The summed E-state index contributed by atoms with van der Waals surface area (Å²) >= 11 is 0. The first-order valence-corrected chi connectivity index (χ1v) is 16.3. The summed E-state index contributed by atoms with van der Waals surface area (Å²) in [5.41, 5.74) is 0. The van der Waals surface area contributed by atoms with Crippen molar-refractivity contribution in [3.05, 3.63) is 146 Å². The second-order valence-electron chi connectivity index (χ2n) is 8.82. The third-order valence-corrected chi connectivity index (χ3v) is 12.7. The molecule has 0 saturated carbocycles. The van der Waals surface area contributed by atoms with Gasteiger partial charge in [-0.2, -0.15) is 0 Å². The minimum Gasteiger partial charge on any atom is -0.336 e. The van der Waals surface area contributed by atoms with E-state index in [2.05, 4.69) is 110 Å². The maximum absolute atomic E-state index is 7.03. The fourth-order valence-electron chi connectivity index (χ4n) is 4.35. The standard InChI is InChI=1S/C32H30O2P2/c1-35(27-17-7-3-8-18-27,28-19-9-4-10-20-28)33-31-25-15-16-26-32(31)34-36(2,29-21-11-5-12-22-29)30-23-13-6-14-24-30/h3-26H,1-2H3/q+2. The largest absolute Gasteiger partial charge is 0.336 e. The Morgan fingerprint density at radius 1 is 0.333 bits per heavy atom. The van der Waals surface area contributed by atoms with Crippen LogP contribution in [0.4, 0.5) is 0 Å². The van der Waals surface area contributed by atoms with E-state index in [4.69, 9.17) is 9.05 Å². The number of hydrogen-bond donors (Lipinski definition) is 0. The van der Waals surface area contributed by atoms with Crippen molar-refractivity contribution < 1.29 is 9.05 Å². The van der Waals surface area contributed by atoms with Crippen molar-refractivity contribution in [2.45, 2.75) is 0 Å². The molecule has 178 valence electrons. The highest BCUT2D eigenvalue weighted by atomic mass is 31.2. The Balaban J connectivity index is 1.59. The molecule has 36 heavy (non-hydrogen) atoms. The minimum absolute atomic E-state index is 0.763. The molecule has 0 fully saturated rings. The van der Waals surface area contributed by atoms with Gasteiger partial charge in [0, 0.05) is 0 Å². The van der Waals surface area contributed by atoms with Crippen LogP contribution in [0.15, 0.2) is 146 Å². The lowest BCUT2D eigenvalue weighted by Crippen LogP contribution is -2.27. The maximum Gasteiger partial charge on any atom is 0.252 e. The molecule has 0 aliphatic heterocycles. The molecule has 0 heterocycles. The molecular formula is C32H30O2P2+2. The molecule has 0 aliphatic carbocycles. The van der Waals surface area contributed by atoms with Crippen LogP contribution in [-0.2, 0) is 0 Å². The molecule has 5 rings (SSSR count). The number of hydrogen-bond acceptors (Lipinski definition) is 2. The predicted molar refractivity (Wildman–Crippen MR) is 158 cm³/mol. The quantitative estimate of drug-likeness (QED) is 0.213. The summed E-state index contributed by atoms with van der Waals surface area (Å²) in [6, 6.07) is 50.2. The normalized spacial score (nSPS) is 11.6. The van der Waals surface area contributed by atoms with Gasteiger partial charge in [-0.3, -0.25) is 0 Å². The van der Waals surface area contributed by atoms with E-state index >= 15 is 0 Å². The highest BCUT2D eigenvalue weighted by Gasteiger charge is 2.45. The minimum atomic E-state index is -2.20. The van der Waals surface area contributed by atoms with Gasteiger partial charge in [0.2, 0.25) is 11.5 Å². The van der Waals surface area contributed by atoms with Gasteiger partial charge in [0.25, 0.3) is 15.0 Å². The zero-order valence-corrected chi connectivity index (χ0v) is 22.4. The Labute approximate surface area is 215 Å². The van der Waals surface area contributed by atoms with Crippen LogP contribution in [0.1, 0.15) is 0 Å². The van der Waals surface area contributed by atoms with Crippen molar-refractivity contribution in [2.75, 3.05) is 13.3 Å². The lowest BCUT2D eigenvalue weighted by Gasteiger charge is -2.25. The lowest BCUT2D eigenvalue weighted by atomic mass is 10.3. The van der Waals surface area contributed by atoms with Crippen LogP contribution < -0.4 is 30.3 Å². The van der Waals surface area contributed by atoms with Gasteiger partial charge in [-0.15, -0.1) is 0 Å². The Bertz CT molecular complexity index is 1200. The second-order valence-corrected chi connectivity index (χ2v) is 14.9. The molecule has 4 heteroatoms. The molecule has 0 atom stereocenters. The van der Waals surface area contributed by atoms with Crippen molar-refractivity contribution in [2.24, 2.45) is 0 Å². The molecule has 0 bridgehead atoms. The zero-order valence-electron chi connectivity index (χ0n) is 20.6. The molecule has 0 N–H and O–H groups in total. The van der Waals surface area contributed by atoms with Crippen molar-refractivity contribution in [3.63, 3.8) is 0 Å².